The molecule has 2 N–H and O–H groups in total. The Kier molecular flexibility index (Phi) is 2.12. The maximum Gasteiger partial charge on any atom is 0.309 e. The Hall–Kier alpha value is -1.06. The van der Waals surface area contributed by atoms with E-state index >= 15 is 0 Å². The smallest absolute Gasteiger partial charge is 0.309 e. The maximum absolute atomic E-state index is 10.9. The lowest BCUT2D eigenvalue weighted by Crippen LogP contribution is -2.17. The molecule has 1 aliphatic carbocycles. The summed E-state index contributed by atoms with van der Waals surface area (Å²) < 4.78 is 4.70. The summed E-state index contributed by atoms with van der Waals surface area (Å²) in [4.78, 5) is 21.4. The highest BCUT2D eigenvalue weighted by Crippen LogP contribution is 2.38. The number of amides is 1. The Morgan fingerprint density at radius 2 is 2.18 bits per heavy atom. The molecule has 0 aliphatic heterocycles. The minimum atomic E-state index is -0.400. The lowest BCUT2D eigenvalue weighted by atomic mass is 10.3. The van der Waals surface area contributed by atoms with Gasteiger partial charge in [0.05, 0.1) is 18.4 Å². The van der Waals surface area contributed by atoms with Gasteiger partial charge in [-0.2, -0.15) is 0 Å². The third kappa shape index (κ3) is 1.69. The van der Waals surface area contributed by atoms with Crippen LogP contribution in [0.2, 0.25) is 0 Å². The van der Waals surface area contributed by atoms with E-state index in [1.165, 1.54) is 0 Å². The quantitative estimate of drug-likeness (QED) is 0.570. The zero-order chi connectivity index (χ0) is 8.43. The van der Waals surface area contributed by atoms with E-state index in [9.17, 15) is 9.59 Å². The van der Waals surface area contributed by atoms with Crippen LogP contribution in [0.25, 0.3) is 0 Å². The Bertz CT molecular complexity index is 190. The first-order valence-corrected chi connectivity index (χ1v) is 3.62. The van der Waals surface area contributed by atoms with Crippen molar-refractivity contribution >= 4 is 11.9 Å². The third-order valence-electron chi connectivity index (χ3n) is 1.75. The number of ether oxygens (including phenoxy) is 1. The molecule has 2 atom stereocenters. The topological polar surface area (TPSA) is 69.4 Å². The van der Waals surface area contributed by atoms with Crippen molar-refractivity contribution in [3.63, 3.8) is 0 Å². The molecule has 0 radical (unpaired) electrons. The molecular weight excluding hydrogens is 146 g/mol. The molecule has 0 bridgehead atoms. The molecule has 4 nitrogen and oxygen atoms in total. The standard InChI is InChI=1S/C7H11NO3/c1-2-11-7(10)5-3-4(5)6(8)9/h4-5H,2-3H2,1H3,(H2,8,9)/t4-,5-/m1/s1. The van der Waals surface area contributed by atoms with Crippen molar-refractivity contribution in [1.82, 2.24) is 0 Å². The molecule has 0 unspecified atom stereocenters. The van der Waals surface area contributed by atoms with E-state index in [-0.39, 0.29) is 17.8 Å². The Morgan fingerprint density at radius 3 is 2.55 bits per heavy atom. The second-order valence-corrected chi connectivity index (χ2v) is 2.60. The van der Waals surface area contributed by atoms with E-state index in [1.54, 1.807) is 6.92 Å². The van der Waals surface area contributed by atoms with Gasteiger partial charge in [-0.05, 0) is 13.3 Å². The van der Waals surface area contributed by atoms with Crippen LogP contribution in [0.1, 0.15) is 13.3 Å². The first kappa shape index (κ1) is 8.04. The Balaban J connectivity index is 2.32. The number of carbonyl (C=O) groups excluding carboxylic acids is 2. The molecule has 4 heteroatoms. The van der Waals surface area contributed by atoms with Gasteiger partial charge in [-0.15, -0.1) is 0 Å². The second kappa shape index (κ2) is 2.90. The number of esters is 1. The number of rotatable bonds is 3. The van der Waals surface area contributed by atoms with Crippen LogP contribution in [-0.4, -0.2) is 18.5 Å². The van der Waals surface area contributed by atoms with Crippen LogP contribution in [0.3, 0.4) is 0 Å². The fourth-order valence-electron chi connectivity index (χ4n) is 1.02. The largest absolute Gasteiger partial charge is 0.466 e. The first-order valence-electron chi connectivity index (χ1n) is 3.62. The van der Waals surface area contributed by atoms with Crippen molar-refractivity contribution in [3.8, 4) is 0 Å². The molecule has 0 aromatic rings. The van der Waals surface area contributed by atoms with Gasteiger partial charge in [-0.25, -0.2) is 0 Å². The second-order valence-electron chi connectivity index (χ2n) is 2.60. The Morgan fingerprint density at radius 1 is 1.55 bits per heavy atom. The van der Waals surface area contributed by atoms with E-state index < -0.39 is 5.91 Å². The van der Waals surface area contributed by atoms with Gasteiger partial charge >= 0.3 is 5.97 Å². The minimum absolute atomic E-state index is 0.257. The van der Waals surface area contributed by atoms with Crippen molar-refractivity contribution in [2.75, 3.05) is 6.61 Å². The highest BCUT2D eigenvalue weighted by Gasteiger charge is 2.48. The van der Waals surface area contributed by atoms with Gasteiger partial charge in [0.2, 0.25) is 5.91 Å². The molecule has 62 valence electrons. The first-order chi connectivity index (χ1) is 5.16. The van der Waals surface area contributed by atoms with Gasteiger partial charge in [-0.1, -0.05) is 0 Å². The number of primary amides is 1. The molecule has 1 aliphatic rings. The lowest BCUT2D eigenvalue weighted by Gasteiger charge is -1.97. The molecule has 0 heterocycles. The van der Waals surface area contributed by atoms with Gasteiger partial charge in [0.25, 0.3) is 0 Å². The molecule has 0 aromatic heterocycles. The van der Waals surface area contributed by atoms with E-state index in [4.69, 9.17) is 10.5 Å². The number of hydrogen-bond donors (Lipinski definition) is 1. The van der Waals surface area contributed by atoms with Gasteiger partial charge in [0.1, 0.15) is 0 Å². The normalized spacial score (nSPS) is 27.7. The fraction of sp³-hybridized carbons (Fsp3) is 0.714. The van der Waals surface area contributed by atoms with E-state index in [0.29, 0.717) is 13.0 Å². The summed E-state index contributed by atoms with van der Waals surface area (Å²) in [5, 5.41) is 0. The lowest BCUT2D eigenvalue weighted by molar-refractivity contribution is -0.145. The summed E-state index contributed by atoms with van der Waals surface area (Å²) in [6.07, 6.45) is 0.564. The number of hydrogen-bond acceptors (Lipinski definition) is 3. The Labute approximate surface area is 64.7 Å². The van der Waals surface area contributed by atoms with E-state index in [0.717, 1.165) is 0 Å². The number of carbonyl (C=O) groups is 2. The minimum Gasteiger partial charge on any atom is -0.466 e. The van der Waals surface area contributed by atoms with E-state index in [2.05, 4.69) is 0 Å². The predicted octanol–water partition coefficient (Wildman–Crippen LogP) is -0.329. The van der Waals surface area contributed by atoms with Crippen molar-refractivity contribution in [2.45, 2.75) is 13.3 Å². The maximum atomic E-state index is 10.9. The molecule has 0 aromatic carbocycles. The van der Waals surface area contributed by atoms with Crippen LogP contribution in [-0.2, 0) is 14.3 Å². The molecule has 1 fully saturated rings. The van der Waals surface area contributed by atoms with Gasteiger partial charge in [0, 0.05) is 0 Å². The monoisotopic (exact) mass is 157 g/mol. The highest BCUT2D eigenvalue weighted by molar-refractivity contribution is 5.89. The van der Waals surface area contributed by atoms with Crippen LogP contribution < -0.4 is 5.73 Å². The molecule has 0 spiro atoms. The molecule has 1 saturated carbocycles. The van der Waals surface area contributed by atoms with Crippen molar-refractivity contribution in [2.24, 2.45) is 17.6 Å². The highest BCUT2D eigenvalue weighted by atomic mass is 16.5. The molecular formula is C7H11NO3. The molecule has 1 amide bonds. The molecule has 11 heavy (non-hydrogen) atoms. The SMILES string of the molecule is CCOC(=O)[C@@H]1C[C@H]1C(N)=O. The summed E-state index contributed by atoms with van der Waals surface area (Å²) in [7, 11) is 0. The van der Waals surface area contributed by atoms with Crippen molar-refractivity contribution < 1.29 is 14.3 Å². The predicted molar refractivity (Wildman–Crippen MR) is 37.4 cm³/mol. The average Bonchev–Trinajstić information content (AvgIpc) is 2.65. The number of nitrogens with two attached hydrogens (primary N) is 1. The molecule has 0 saturated heterocycles. The fourth-order valence-corrected chi connectivity index (χ4v) is 1.02. The summed E-state index contributed by atoms with van der Waals surface area (Å²) in [6.45, 7) is 2.10. The van der Waals surface area contributed by atoms with Gasteiger partial charge in [-0.3, -0.25) is 9.59 Å². The summed E-state index contributed by atoms with van der Waals surface area (Å²) in [6, 6.07) is 0. The van der Waals surface area contributed by atoms with Crippen LogP contribution >= 0.6 is 0 Å². The van der Waals surface area contributed by atoms with Crippen molar-refractivity contribution in [1.29, 1.82) is 0 Å². The summed E-state index contributed by atoms with van der Waals surface area (Å²) in [5.74, 6) is -1.22. The molecule has 1 rings (SSSR count). The van der Waals surface area contributed by atoms with Gasteiger partial charge < -0.3 is 10.5 Å². The zero-order valence-corrected chi connectivity index (χ0v) is 6.37. The summed E-state index contributed by atoms with van der Waals surface area (Å²) in [5.41, 5.74) is 4.98. The van der Waals surface area contributed by atoms with Crippen LogP contribution in [0.4, 0.5) is 0 Å². The van der Waals surface area contributed by atoms with Crippen LogP contribution in [0.15, 0.2) is 0 Å². The van der Waals surface area contributed by atoms with E-state index in [1.807, 2.05) is 0 Å². The average molecular weight is 157 g/mol. The van der Waals surface area contributed by atoms with Crippen molar-refractivity contribution in [3.05, 3.63) is 0 Å². The van der Waals surface area contributed by atoms with Crippen LogP contribution in [0.5, 0.6) is 0 Å². The summed E-state index contributed by atoms with van der Waals surface area (Å²) >= 11 is 0. The third-order valence-corrected chi connectivity index (χ3v) is 1.75. The zero-order valence-electron chi connectivity index (χ0n) is 6.37. The van der Waals surface area contributed by atoms with Gasteiger partial charge in [0.15, 0.2) is 0 Å². The van der Waals surface area contributed by atoms with Crippen LogP contribution in [0, 0.1) is 11.8 Å².